The lowest BCUT2D eigenvalue weighted by atomic mass is 10.1. The van der Waals surface area contributed by atoms with Crippen molar-refractivity contribution in [3.63, 3.8) is 0 Å². The van der Waals surface area contributed by atoms with Crippen molar-refractivity contribution in [2.45, 2.75) is 6.54 Å². The topological polar surface area (TPSA) is 63.5 Å². The lowest BCUT2D eigenvalue weighted by Crippen LogP contribution is -2.26. The standard InChI is InChI=1S/C15H13ClN2O3/c1-17(10-11-5-3-2-4-6-11)15(19)12-7-8-14(18(20)21)13(16)9-12/h2-9H,10H2,1H3. The second kappa shape index (κ2) is 6.37. The number of benzene rings is 2. The Hall–Kier alpha value is -2.40. The van der Waals surface area contributed by atoms with E-state index >= 15 is 0 Å². The van der Waals surface area contributed by atoms with Crippen molar-refractivity contribution in [3.8, 4) is 0 Å². The molecule has 0 aliphatic carbocycles. The number of hydrogen-bond donors (Lipinski definition) is 0. The lowest BCUT2D eigenvalue weighted by Gasteiger charge is -2.17. The number of hydrogen-bond acceptors (Lipinski definition) is 3. The molecule has 5 nitrogen and oxygen atoms in total. The van der Waals surface area contributed by atoms with Crippen LogP contribution in [0.5, 0.6) is 0 Å². The Morgan fingerprint density at radius 1 is 1.24 bits per heavy atom. The molecular weight excluding hydrogens is 292 g/mol. The van der Waals surface area contributed by atoms with Crippen LogP contribution in [0.3, 0.4) is 0 Å². The van der Waals surface area contributed by atoms with Crippen molar-refractivity contribution in [1.82, 2.24) is 4.90 Å². The van der Waals surface area contributed by atoms with Gasteiger partial charge in [-0.1, -0.05) is 41.9 Å². The molecule has 0 aliphatic heterocycles. The fourth-order valence-electron chi connectivity index (χ4n) is 1.94. The van der Waals surface area contributed by atoms with Crippen LogP contribution in [-0.2, 0) is 6.54 Å². The summed E-state index contributed by atoms with van der Waals surface area (Å²) in [5.74, 6) is -0.240. The summed E-state index contributed by atoms with van der Waals surface area (Å²) in [5.41, 5.74) is 1.12. The minimum absolute atomic E-state index is 0.0426. The molecule has 0 aromatic heterocycles. The van der Waals surface area contributed by atoms with Gasteiger partial charge in [0, 0.05) is 25.2 Å². The van der Waals surface area contributed by atoms with E-state index in [0.717, 1.165) is 5.56 Å². The van der Waals surface area contributed by atoms with Gasteiger partial charge in [-0.3, -0.25) is 14.9 Å². The molecule has 0 spiro atoms. The van der Waals surface area contributed by atoms with Gasteiger partial charge in [-0.15, -0.1) is 0 Å². The number of halogens is 1. The van der Waals surface area contributed by atoms with Gasteiger partial charge in [0.05, 0.1) is 4.92 Å². The highest BCUT2D eigenvalue weighted by Gasteiger charge is 2.17. The van der Waals surface area contributed by atoms with Crippen LogP contribution < -0.4 is 0 Å². The maximum absolute atomic E-state index is 12.3. The van der Waals surface area contributed by atoms with E-state index in [2.05, 4.69) is 0 Å². The first-order valence-electron chi connectivity index (χ1n) is 6.22. The molecule has 21 heavy (non-hydrogen) atoms. The summed E-state index contributed by atoms with van der Waals surface area (Å²) in [5, 5.41) is 10.7. The van der Waals surface area contributed by atoms with E-state index in [1.165, 1.54) is 23.1 Å². The number of nitrogens with zero attached hydrogens (tertiary/aromatic N) is 2. The third-order valence-electron chi connectivity index (χ3n) is 3.00. The molecule has 6 heteroatoms. The zero-order valence-electron chi connectivity index (χ0n) is 11.3. The Balaban J connectivity index is 2.16. The summed E-state index contributed by atoms with van der Waals surface area (Å²) in [4.78, 5) is 23.9. The minimum atomic E-state index is -0.579. The summed E-state index contributed by atoms with van der Waals surface area (Å²) >= 11 is 5.82. The average molecular weight is 305 g/mol. The Morgan fingerprint density at radius 2 is 1.90 bits per heavy atom. The first-order chi connectivity index (χ1) is 9.99. The summed E-state index contributed by atoms with van der Waals surface area (Å²) in [6.45, 7) is 0.453. The molecule has 0 saturated carbocycles. The van der Waals surface area contributed by atoms with Crippen molar-refractivity contribution in [3.05, 3.63) is 74.8 Å². The lowest BCUT2D eigenvalue weighted by molar-refractivity contribution is -0.384. The SMILES string of the molecule is CN(Cc1ccccc1)C(=O)c1ccc([N+](=O)[O-])c(Cl)c1. The predicted octanol–water partition coefficient (Wildman–Crippen LogP) is 3.52. The van der Waals surface area contributed by atoms with Gasteiger partial charge in [-0.05, 0) is 17.7 Å². The fourth-order valence-corrected chi connectivity index (χ4v) is 2.19. The molecule has 108 valence electrons. The second-order valence-electron chi connectivity index (χ2n) is 4.57. The normalized spacial score (nSPS) is 10.2. The summed E-state index contributed by atoms with van der Waals surface area (Å²) in [6, 6.07) is 13.5. The Kier molecular flexibility index (Phi) is 4.55. The van der Waals surface area contributed by atoms with E-state index in [-0.39, 0.29) is 16.6 Å². The monoisotopic (exact) mass is 304 g/mol. The van der Waals surface area contributed by atoms with Gasteiger partial charge in [0.2, 0.25) is 0 Å². The van der Waals surface area contributed by atoms with Gasteiger partial charge in [-0.2, -0.15) is 0 Å². The molecule has 0 radical (unpaired) electrons. The number of amides is 1. The third kappa shape index (κ3) is 3.58. The molecule has 0 saturated heterocycles. The zero-order chi connectivity index (χ0) is 15.4. The van der Waals surface area contributed by atoms with Gasteiger partial charge in [0.15, 0.2) is 0 Å². The van der Waals surface area contributed by atoms with Crippen molar-refractivity contribution in [2.24, 2.45) is 0 Å². The first kappa shape index (κ1) is 15.0. The Bertz CT molecular complexity index is 674. The van der Waals surface area contributed by atoms with E-state index in [9.17, 15) is 14.9 Å². The summed E-state index contributed by atoms with van der Waals surface area (Å²) in [6.07, 6.45) is 0. The average Bonchev–Trinajstić information content (AvgIpc) is 2.47. The largest absolute Gasteiger partial charge is 0.337 e. The number of nitro groups is 1. The molecule has 0 heterocycles. The molecule has 2 aromatic carbocycles. The highest BCUT2D eigenvalue weighted by atomic mass is 35.5. The maximum atomic E-state index is 12.3. The van der Waals surface area contributed by atoms with Crippen molar-refractivity contribution >= 4 is 23.2 Å². The van der Waals surface area contributed by atoms with E-state index in [1.54, 1.807) is 7.05 Å². The van der Waals surface area contributed by atoms with Crippen LogP contribution in [0.25, 0.3) is 0 Å². The maximum Gasteiger partial charge on any atom is 0.287 e. The van der Waals surface area contributed by atoms with Crippen LogP contribution in [0.1, 0.15) is 15.9 Å². The Morgan fingerprint density at radius 3 is 2.48 bits per heavy atom. The van der Waals surface area contributed by atoms with E-state index < -0.39 is 4.92 Å². The van der Waals surface area contributed by atoms with Crippen molar-refractivity contribution in [2.75, 3.05) is 7.05 Å². The third-order valence-corrected chi connectivity index (χ3v) is 3.30. The molecule has 0 unspecified atom stereocenters. The highest BCUT2D eigenvalue weighted by Crippen LogP contribution is 2.25. The number of rotatable bonds is 4. The van der Waals surface area contributed by atoms with Crippen LogP contribution in [0.2, 0.25) is 5.02 Å². The van der Waals surface area contributed by atoms with E-state index in [1.807, 2.05) is 30.3 Å². The highest BCUT2D eigenvalue weighted by molar-refractivity contribution is 6.33. The summed E-state index contributed by atoms with van der Waals surface area (Å²) < 4.78 is 0. The van der Waals surface area contributed by atoms with Crippen LogP contribution >= 0.6 is 11.6 Å². The molecule has 0 N–H and O–H groups in total. The Labute approximate surface area is 126 Å². The second-order valence-corrected chi connectivity index (χ2v) is 4.98. The van der Waals surface area contributed by atoms with Gasteiger partial charge in [0.25, 0.3) is 11.6 Å². The molecule has 2 rings (SSSR count). The number of carbonyl (C=O) groups excluding carboxylic acids is 1. The van der Waals surface area contributed by atoms with Gasteiger partial charge < -0.3 is 4.90 Å². The molecule has 0 bridgehead atoms. The molecular formula is C15H13ClN2O3. The molecule has 0 atom stereocenters. The zero-order valence-corrected chi connectivity index (χ0v) is 12.1. The van der Waals surface area contributed by atoms with Crippen LogP contribution in [0, 0.1) is 10.1 Å². The molecule has 1 amide bonds. The van der Waals surface area contributed by atoms with Crippen LogP contribution in [-0.4, -0.2) is 22.8 Å². The van der Waals surface area contributed by atoms with Gasteiger partial charge >= 0.3 is 0 Å². The van der Waals surface area contributed by atoms with Crippen LogP contribution in [0.15, 0.2) is 48.5 Å². The van der Waals surface area contributed by atoms with Crippen molar-refractivity contribution < 1.29 is 9.72 Å². The summed E-state index contributed by atoms with van der Waals surface area (Å²) in [7, 11) is 1.67. The smallest absolute Gasteiger partial charge is 0.287 e. The minimum Gasteiger partial charge on any atom is -0.337 e. The van der Waals surface area contributed by atoms with Crippen LogP contribution in [0.4, 0.5) is 5.69 Å². The fraction of sp³-hybridized carbons (Fsp3) is 0.133. The molecule has 0 fully saturated rings. The molecule has 0 aliphatic rings. The first-order valence-corrected chi connectivity index (χ1v) is 6.60. The van der Waals surface area contributed by atoms with Crippen molar-refractivity contribution in [1.29, 1.82) is 0 Å². The predicted molar refractivity (Wildman–Crippen MR) is 80.3 cm³/mol. The molecule has 2 aromatic rings. The number of nitro benzene ring substituents is 1. The van der Waals surface area contributed by atoms with E-state index in [4.69, 9.17) is 11.6 Å². The van der Waals surface area contributed by atoms with E-state index in [0.29, 0.717) is 12.1 Å². The quantitative estimate of drug-likeness (QED) is 0.641. The number of carbonyl (C=O) groups is 1. The van der Waals surface area contributed by atoms with Gasteiger partial charge in [0.1, 0.15) is 5.02 Å². The van der Waals surface area contributed by atoms with Gasteiger partial charge in [-0.25, -0.2) is 0 Å².